The Kier molecular flexibility index (Phi) is 3.54. The van der Waals surface area contributed by atoms with Crippen molar-refractivity contribution in [1.29, 1.82) is 0 Å². The standard InChI is InChI=1S/C19H21NO2S/c1-20(19-12-10-15-5-2-3-8-18(15)19)23(21,22)17-11-9-14-6-4-7-16(14)13-17/h2-3,5,8-9,11,13,19H,4,6-7,10,12H2,1H3. The Hall–Kier alpha value is -1.65. The van der Waals surface area contributed by atoms with Crippen molar-refractivity contribution in [3.05, 3.63) is 64.7 Å². The molecule has 0 bridgehead atoms. The molecule has 0 N–H and O–H groups in total. The highest BCUT2D eigenvalue weighted by Gasteiger charge is 2.33. The molecule has 0 amide bonds. The SMILES string of the molecule is CN(C1CCc2ccccc21)S(=O)(=O)c1ccc2c(c1)CCC2. The van der Waals surface area contributed by atoms with E-state index < -0.39 is 10.0 Å². The van der Waals surface area contributed by atoms with Gasteiger partial charge in [-0.1, -0.05) is 30.3 Å². The molecule has 2 aromatic carbocycles. The molecule has 0 fully saturated rings. The molecule has 4 heteroatoms. The molecule has 120 valence electrons. The number of rotatable bonds is 3. The third-order valence-corrected chi connectivity index (χ3v) is 7.15. The van der Waals surface area contributed by atoms with Gasteiger partial charge in [0.05, 0.1) is 10.9 Å². The van der Waals surface area contributed by atoms with Crippen LogP contribution >= 0.6 is 0 Å². The van der Waals surface area contributed by atoms with Crippen LogP contribution in [0.25, 0.3) is 0 Å². The highest BCUT2D eigenvalue weighted by Crippen LogP contribution is 2.38. The van der Waals surface area contributed by atoms with Gasteiger partial charge in [0.1, 0.15) is 0 Å². The van der Waals surface area contributed by atoms with Crippen LogP contribution in [0, 0.1) is 0 Å². The molecule has 2 aliphatic carbocycles. The van der Waals surface area contributed by atoms with Gasteiger partial charge in [-0.2, -0.15) is 4.31 Å². The van der Waals surface area contributed by atoms with Gasteiger partial charge in [-0.3, -0.25) is 0 Å². The number of fused-ring (bicyclic) bond motifs is 2. The van der Waals surface area contributed by atoms with Gasteiger partial charge in [0.2, 0.25) is 10.0 Å². The van der Waals surface area contributed by atoms with Crippen LogP contribution in [0.2, 0.25) is 0 Å². The fourth-order valence-electron chi connectivity index (χ4n) is 3.95. The number of sulfonamides is 1. The molecule has 4 rings (SSSR count). The Morgan fingerprint density at radius 3 is 2.61 bits per heavy atom. The summed E-state index contributed by atoms with van der Waals surface area (Å²) in [6.07, 6.45) is 5.01. The fraction of sp³-hybridized carbons (Fsp3) is 0.368. The molecular formula is C19H21NO2S. The summed E-state index contributed by atoms with van der Waals surface area (Å²) >= 11 is 0. The van der Waals surface area contributed by atoms with E-state index in [-0.39, 0.29) is 6.04 Å². The van der Waals surface area contributed by atoms with Crippen LogP contribution in [-0.4, -0.2) is 19.8 Å². The van der Waals surface area contributed by atoms with E-state index in [0.717, 1.165) is 37.7 Å². The van der Waals surface area contributed by atoms with Crippen LogP contribution in [0.1, 0.15) is 41.1 Å². The third kappa shape index (κ3) is 2.41. The summed E-state index contributed by atoms with van der Waals surface area (Å²) in [5.41, 5.74) is 4.93. The van der Waals surface area contributed by atoms with Crippen molar-refractivity contribution in [1.82, 2.24) is 4.31 Å². The summed E-state index contributed by atoms with van der Waals surface area (Å²) in [5.74, 6) is 0. The quantitative estimate of drug-likeness (QED) is 0.865. The van der Waals surface area contributed by atoms with E-state index in [1.807, 2.05) is 24.3 Å². The van der Waals surface area contributed by atoms with Gasteiger partial charge in [-0.25, -0.2) is 8.42 Å². The molecule has 0 aromatic heterocycles. The second-order valence-electron chi connectivity index (χ2n) is 6.56. The molecular weight excluding hydrogens is 306 g/mol. The number of benzene rings is 2. The first-order chi connectivity index (χ1) is 11.1. The van der Waals surface area contributed by atoms with Crippen LogP contribution in [0.15, 0.2) is 47.4 Å². The molecule has 2 aromatic rings. The molecule has 0 saturated carbocycles. The predicted molar refractivity (Wildman–Crippen MR) is 90.9 cm³/mol. The minimum atomic E-state index is -3.45. The lowest BCUT2D eigenvalue weighted by atomic mass is 10.1. The monoisotopic (exact) mass is 327 g/mol. The summed E-state index contributed by atoms with van der Waals surface area (Å²) in [4.78, 5) is 0.435. The zero-order chi connectivity index (χ0) is 16.0. The number of aryl methyl sites for hydroxylation is 3. The molecule has 1 unspecified atom stereocenters. The molecule has 23 heavy (non-hydrogen) atoms. The second-order valence-corrected chi connectivity index (χ2v) is 8.56. The van der Waals surface area contributed by atoms with Gasteiger partial charge < -0.3 is 0 Å². The van der Waals surface area contributed by atoms with Gasteiger partial charge in [-0.15, -0.1) is 0 Å². The van der Waals surface area contributed by atoms with E-state index in [1.54, 1.807) is 17.4 Å². The Morgan fingerprint density at radius 1 is 0.957 bits per heavy atom. The first kappa shape index (κ1) is 14.9. The smallest absolute Gasteiger partial charge is 0.207 e. The van der Waals surface area contributed by atoms with Crippen LogP contribution in [0.3, 0.4) is 0 Å². The molecule has 3 nitrogen and oxygen atoms in total. The minimum Gasteiger partial charge on any atom is -0.207 e. The first-order valence-electron chi connectivity index (χ1n) is 8.25. The van der Waals surface area contributed by atoms with E-state index >= 15 is 0 Å². The van der Waals surface area contributed by atoms with Crippen LogP contribution in [0.5, 0.6) is 0 Å². The van der Waals surface area contributed by atoms with E-state index in [0.29, 0.717) is 4.90 Å². The molecule has 0 heterocycles. The van der Waals surface area contributed by atoms with Crippen molar-refractivity contribution >= 4 is 10.0 Å². The molecule has 0 saturated heterocycles. The highest BCUT2D eigenvalue weighted by molar-refractivity contribution is 7.89. The molecule has 0 aliphatic heterocycles. The predicted octanol–water partition coefficient (Wildman–Crippen LogP) is 3.48. The Labute approximate surface area is 138 Å². The van der Waals surface area contributed by atoms with Crippen molar-refractivity contribution in [2.75, 3.05) is 7.05 Å². The molecule has 1 atom stereocenters. The van der Waals surface area contributed by atoms with Crippen molar-refractivity contribution in [3.63, 3.8) is 0 Å². The van der Waals surface area contributed by atoms with E-state index in [4.69, 9.17) is 0 Å². The van der Waals surface area contributed by atoms with Crippen LogP contribution in [0.4, 0.5) is 0 Å². The maximum absolute atomic E-state index is 13.1. The highest BCUT2D eigenvalue weighted by atomic mass is 32.2. The summed E-state index contributed by atoms with van der Waals surface area (Å²) in [7, 11) is -1.74. The lowest BCUT2D eigenvalue weighted by molar-refractivity contribution is 0.374. The van der Waals surface area contributed by atoms with Gasteiger partial charge in [0, 0.05) is 7.05 Å². The van der Waals surface area contributed by atoms with E-state index in [1.165, 1.54) is 16.7 Å². The zero-order valence-corrected chi connectivity index (χ0v) is 14.1. The summed E-state index contributed by atoms with van der Waals surface area (Å²) in [6.45, 7) is 0. The summed E-state index contributed by atoms with van der Waals surface area (Å²) < 4.78 is 27.7. The maximum Gasteiger partial charge on any atom is 0.243 e. The number of hydrogen-bond acceptors (Lipinski definition) is 2. The van der Waals surface area contributed by atoms with Crippen LogP contribution < -0.4 is 0 Å². The van der Waals surface area contributed by atoms with Crippen molar-refractivity contribution < 1.29 is 8.42 Å². The minimum absolute atomic E-state index is 0.0514. The van der Waals surface area contributed by atoms with Gasteiger partial charge in [-0.05, 0) is 66.5 Å². The maximum atomic E-state index is 13.1. The Morgan fingerprint density at radius 2 is 1.74 bits per heavy atom. The lowest BCUT2D eigenvalue weighted by Crippen LogP contribution is -2.30. The number of nitrogens with zero attached hydrogens (tertiary/aromatic N) is 1. The number of hydrogen-bond donors (Lipinski definition) is 0. The fourth-order valence-corrected chi connectivity index (χ4v) is 5.37. The van der Waals surface area contributed by atoms with E-state index in [2.05, 4.69) is 12.1 Å². The normalized spacial score (nSPS) is 19.8. The third-order valence-electron chi connectivity index (χ3n) is 5.29. The zero-order valence-electron chi connectivity index (χ0n) is 13.3. The first-order valence-corrected chi connectivity index (χ1v) is 9.69. The molecule has 0 radical (unpaired) electrons. The molecule has 0 spiro atoms. The lowest BCUT2D eigenvalue weighted by Gasteiger charge is -2.25. The average Bonchev–Trinajstić information content (AvgIpc) is 3.20. The van der Waals surface area contributed by atoms with Crippen molar-refractivity contribution in [3.8, 4) is 0 Å². The van der Waals surface area contributed by atoms with Gasteiger partial charge in [0.25, 0.3) is 0 Å². The van der Waals surface area contributed by atoms with Crippen LogP contribution in [-0.2, 0) is 29.3 Å². The van der Waals surface area contributed by atoms with Gasteiger partial charge >= 0.3 is 0 Å². The van der Waals surface area contributed by atoms with Gasteiger partial charge in [0.15, 0.2) is 0 Å². The van der Waals surface area contributed by atoms with Crippen molar-refractivity contribution in [2.45, 2.75) is 43.0 Å². The topological polar surface area (TPSA) is 37.4 Å². The van der Waals surface area contributed by atoms with E-state index in [9.17, 15) is 8.42 Å². The Bertz CT molecular complexity index is 857. The summed E-state index contributed by atoms with van der Waals surface area (Å²) in [5, 5.41) is 0. The summed E-state index contributed by atoms with van der Waals surface area (Å²) in [6, 6.07) is 13.8. The second kappa shape index (κ2) is 5.46. The largest absolute Gasteiger partial charge is 0.243 e. The average molecular weight is 327 g/mol. The van der Waals surface area contributed by atoms with Crippen molar-refractivity contribution in [2.24, 2.45) is 0 Å². The Balaban J connectivity index is 1.69. The molecule has 2 aliphatic rings.